The number of nitrogens with one attached hydrogen (secondary N) is 1. The molecule has 2 rings (SSSR count). The molecule has 1 unspecified atom stereocenters. The molecule has 3 N–H and O–H groups in total. The average Bonchev–Trinajstić information content (AvgIpc) is 2.94. The zero-order valence-electron chi connectivity index (χ0n) is 12.5. The van der Waals surface area contributed by atoms with Crippen LogP contribution in [0.25, 0.3) is 0 Å². The minimum absolute atomic E-state index is 0.0178. The zero-order chi connectivity index (χ0) is 15.2. The van der Waals surface area contributed by atoms with Gasteiger partial charge in [-0.3, -0.25) is 4.79 Å². The van der Waals surface area contributed by atoms with Gasteiger partial charge >= 0.3 is 12.0 Å². The molecule has 2 amide bonds. The molecule has 1 aliphatic carbocycles. The Morgan fingerprint density at radius 1 is 1.10 bits per heavy atom. The van der Waals surface area contributed by atoms with Crippen molar-refractivity contribution in [3.8, 4) is 0 Å². The molecule has 0 aromatic rings. The number of rotatable bonds is 5. The van der Waals surface area contributed by atoms with Crippen LogP contribution in [0.5, 0.6) is 0 Å². The maximum atomic E-state index is 12.1. The van der Waals surface area contributed by atoms with E-state index in [-0.39, 0.29) is 18.6 Å². The molecule has 21 heavy (non-hydrogen) atoms. The summed E-state index contributed by atoms with van der Waals surface area (Å²) >= 11 is 0. The van der Waals surface area contributed by atoms with Crippen LogP contribution in [0.3, 0.4) is 0 Å². The van der Waals surface area contributed by atoms with Crippen molar-refractivity contribution in [1.29, 1.82) is 0 Å². The van der Waals surface area contributed by atoms with Crippen molar-refractivity contribution in [3.63, 3.8) is 0 Å². The highest BCUT2D eigenvalue weighted by atomic mass is 16.4. The predicted octanol–water partition coefficient (Wildman–Crippen LogP) is 1.29. The lowest BCUT2D eigenvalue weighted by Gasteiger charge is -2.27. The Morgan fingerprint density at radius 3 is 2.43 bits per heavy atom. The number of aliphatic hydroxyl groups is 1. The van der Waals surface area contributed by atoms with Crippen LogP contribution >= 0.6 is 0 Å². The summed E-state index contributed by atoms with van der Waals surface area (Å²) in [5.74, 6) is -0.0635. The molecule has 0 bridgehead atoms. The van der Waals surface area contributed by atoms with Gasteiger partial charge in [0.1, 0.15) is 0 Å². The van der Waals surface area contributed by atoms with E-state index < -0.39 is 5.97 Å². The third kappa shape index (κ3) is 4.59. The highest BCUT2D eigenvalue weighted by Gasteiger charge is 2.28. The summed E-state index contributed by atoms with van der Waals surface area (Å²) in [4.78, 5) is 24.8. The molecule has 6 nitrogen and oxygen atoms in total. The summed E-state index contributed by atoms with van der Waals surface area (Å²) < 4.78 is 0. The SMILES string of the molecule is O=C(O)C1CCC(CNC(=O)N2CCC(CCO)C2)CC1. The quantitative estimate of drug-likeness (QED) is 0.713. The van der Waals surface area contributed by atoms with E-state index in [4.69, 9.17) is 10.2 Å². The van der Waals surface area contributed by atoms with Gasteiger partial charge in [0.25, 0.3) is 0 Å². The van der Waals surface area contributed by atoms with Crippen LogP contribution in [0.1, 0.15) is 38.5 Å². The van der Waals surface area contributed by atoms with Crippen LogP contribution in [-0.4, -0.2) is 53.4 Å². The molecule has 120 valence electrons. The molecule has 1 heterocycles. The van der Waals surface area contributed by atoms with Crippen LogP contribution in [0.4, 0.5) is 4.79 Å². The molecular formula is C15H26N2O4. The van der Waals surface area contributed by atoms with Gasteiger partial charge < -0.3 is 20.4 Å². The molecule has 2 fully saturated rings. The van der Waals surface area contributed by atoms with Crippen molar-refractivity contribution in [2.75, 3.05) is 26.2 Å². The predicted molar refractivity (Wildman–Crippen MR) is 77.9 cm³/mol. The number of carbonyl (C=O) groups is 2. The van der Waals surface area contributed by atoms with Crippen molar-refractivity contribution in [1.82, 2.24) is 10.2 Å². The number of nitrogens with zero attached hydrogens (tertiary/aromatic N) is 1. The first-order valence-corrected chi connectivity index (χ1v) is 7.96. The van der Waals surface area contributed by atoms with Gasteiger partial charge in [0.15, 0.2) is 0 Å². The van der Waals surface area contributed by atoms with E-state index in [9.17, 15) is 9.59 Å². The number of carboxylic acid groups (broad SMARTS) is 1. The molecular weight excluding hydrogens is 272 g/mol. The van der Waals surface area contributed by atoms with Crippen molar-refractivity contribution in [2.24, 2.45) is 17.8 Å². The lowest BCUT2D eigenvalue weighted by Crippen LogP contribution is -2.41. The minimum atomic E-state index is -0.690. The number of urea groups is 1. The molecule has 1 aliphatic heterocycles. The Labute approximate surface area is 125 Å². The van der Waals surface area contributed by atoms with E-state index in [2.05, 4.69) is 5.32 Å². The molecule has 1 saturated carbocycles. The number of amides is 2. The van der Waals surface area contributed by atoms with E-state index in [0.29, 0.717) is 18.4 Å². The van der Waals surface area contributed by atoms with Gasteiger partial charge in [0.05, 0.1) is 5.92 Å². The number of aliphatic carboxylic acids is 1. The van der Waals surface area contributed by atoms with Gasteiger partial charge in [-0.05, 0) is 50.4 Å². The van der Waals surface area contributed by atoms with E-state index >= 15 is 0 Å². The first kappa shape index (κ1) is 16.1. The van der Waals surface area contributed by atoms with Crippen molar-refractivity contribution >= 4 is 12.0 Å². The highest BCUT2D eigenvalue weighted by Crippen LogP contribution is 2.28. The van der Waals surface area contributed by atoms with Gasteiger partial charge in [-0.25, -0.2) is 4.79 Å². The van der Waals surface area contributed by atoms with Crippen LogP contribution in [0, 0.1) is 17.8 Å². The van der Waals surface area contributed by atoms with Crippen molar-refractivity contribution in [3.05, 3.63) is 0 Å². The van der Waals surface area contributed by atoms with Gasteiger partial charge in [-0.1, -0.05) is 0 Å². The Hall–Kier alpha value is -1.30. The molecule has 0 spiro atoms. The van der Waals surface area contributed by atoms with Crippen molar-refractivity contribution < 1.29 is 19.8 Å². The Morgan fingerprint density at radius 2 is 1.81 bits per heavy atom. The number of aliphatic hydroxyl groups excluding tert-OH is 1. The Balaban J connectivity index is 1.65. The van der Waals surface area contributed by atoms with E-state index in [1.165, 1.54) is 0 Å². The van der Waals surface area contributed by atoms with Crippen LogP contribution in [-0.2, 0) is 4.79 Å². The molecule has 0 aromatic heterocycles. The monoisotopic (exact) mass is 298 g/mol. The molecule has 0 radical (unpaired) electrons. The third-order valence-corrected chi connectivity index (χ3v) is 4.85. The largest absolute Gasteiger partial charge is 0.481 e. The number of carbonyl (C=O) groups excluding carboxylic acids is 1. The number of hydrogen-bond acceptors (Lipinski definition) is 3. The lowest BCUT2D eigenvalue weighted by molar-refractivity contribution is -0.143. The molecule has 0 aromatic carbocycles. The summed E-state index contributed by atoms with van der Waals surface area (Å²) in [5.41, 5.74) is 0. The summed E-state index contributed by atoms with van der Waals surface area (Å²) in [6, 6.07) is -0.0178. The fraction of sp³-hybridized carbons (Fsp3) is 0.867. The number of likely N-dealkylation sites (tertiary alicyclic amines) is 1. The fourth-order valence-corrected chi connectivity index (χ4v) is 3.39. The minimum Gasteiger partial charge on any atom is -0.481 e. The Kier molecular flexibility index (Phi) is 5.85. The van der Waals surface area contributed by atoms with E-state index in [1.54, 1.807) is 0 Å². The second kappa shape index (κ2) is 7.64. The normalized spacial score (nSPS) is 29.4. The Bertz CT molecular complexity index is 367. The van der Waals surface area contributed by atoms with Crippen LogP contribution in [0.15, 0.2) is 0 Å². The number of carboxylic acids is 1. The van der Waals surface area contributed by atoms with Crippen molar-refractivity contribution in [2.45, 2.75) is 38.5 Å². The molecule has 6 heteroatoms. The maximum Gasteiger partial charge on any atom is 0.317 e. The topological polar surface area (TPSA) is 89.9 Å². The second-order valence-electron chi connectivity index (χ2n) is 6.35. The van der Waals surface area contributed by atoms with Crippen LogP contribution < -0.4 is 5.32 Å². The zero-order valence-corrected chi connectivity index (χ0v) is 12.5. The smallest absolute Gasteiger partial charge is 0.317 e. The molecule has 2 aliphatic rings. The van der Waals surface area contributed by atoms with Gasteiger partial charge in [0, 0.05) is 26.2 Å². The summed E-state index contributed by atoms with van der Waals surface area (Å²) in [6.45, 7) is 2.33. The molecule has 1 atom stereocenters. The average molecular weight is 298 g/mol. The third-order valence-electron chi connectivity index (χ3n) is 4.85. The van der Waals surface area contributed by atoms with Gasteiger partial charge in [-0.15, -0.1) is 0 Å². The maximum absolute atomic E-state index is 12.1. The lowest BCUT2D eigenvalue weighted by atomic mass is 9.82. The summed E-state index contributed by atoms with van der Waals surface area (Å²) in [6.07, 6.45) is 4.94. The van der Waals surface area contributed by atoms with Gasteiger partial charge in [-0.2, -0.15) is 0 Å². The van der Waals surface area contributed by atoms with E-state index in [0.717, 1.165) is 51.6 Å². The second-order valence-corrected chi connectivity index (χ2v) is 6.35. The summed E-state index contributed by atoms with van der Waals surface area (Å²) in [5, 5.41) is 20.9. The number of hydrogen-bond donors (Lipinski definition) is 3. The van der Waals surface area contributed by atoms with E-state index in [1.807, 2.05) is 4.90 Å². The van der Waals surface area contributed by atoms with Gasteiger partial charge in [0.2, 0.25) is 0 Å². The standard InChI is InChI=1S/C15H26N2O4/c18-8-6-12-5-7-17(10-12)15(21)16-9-11-1-3-13(4-2-11)14(19)20/h11-13,18H,1-10H2,(H,16,21)(H,19,20). The fourth-order valence-electron chi connectivity index (χ4n) is 3.39. The first-order valence-electron chi connectivity index (χ1n) is 7.96. The summed E-state index contributed by atoms with van der Waals surface area (Å²) in [7, 11) is 0. The van der Waals surface area contributed by atoms with Crippen LogP contribution in [0.2, 0.25) is 0 Å². The first-order chi connectivity index (χ1) is 10.1. The molecule has 1 saturated heterocycles. The highest BCUT2D eigenvalue weighted by molar-refractivity contribution is 5.74.